The molecule has 0 saturated carbocycles. The van der Waals surface area contributed by atoms with Crippen molar-refractivity contribution in [3.8, 4) is 11.8 Å². The molecule has 1 aliphatic rings. The van der Waals surface area contributed by atoms with Crippen LogP contribution in [0.1, 0.15) is 25.8 Å². The third kappa shape index (κ3) is 4.63. The van der Waals surface area contributed by atoms with Gasteiger partial charge in [0.2, 0.25) is 0 Å². The van der Waals surface area contributed by atoms with Gasteiger partial charge in [0.25, 0.3) is 11.6 Å². The van der Waals surface area contributed by atoms with E-state index in [1.54, 1.807) is 24.0 Å². The number of nitriles is 1. The number of nitrogens with one attached hydrogen (secondary N) is 1. The van der Waals surface area contributed by atoms with Gasteiger partial charge in [0.1, 0.15) is 11.4 Å². The number of ether oxygens (including phenoxy) is 1. The van der Waals surface area contributed by atoms with E-state index in [4.69, 9.17) is 10.00 Å². The van der Waals surface area contributed by atoms with Crippen molar-refractivity contribution in [1.29, 1.82) is 5.26 Å². The standard InChI is InChI=1S/C21H22N4O4/c1-14-10-17(23-19-11-16(12-22)8-9-20(19)25(27)28)13-24(14)21(26)15(2)29-18-6-4-3-5-7-18/h3-9,11,14-15,17,23H,10,13H2,1-2H3. The van der Waals surface area contributed by atoms with Crippen LogP contribution in [-0.4, -0.2) is 40.5 Å². The molecule has 0 bridgehead atoms. The lowest BCUT2D eigenvalue weighted by Crippen LogP contribution is -2.43. The number of amides is 1. The van der Waals surface area contributed by atoms with E-state index in [2.05, 4.69) is 5.32 Å². The monoisotopic (exact) mass is 394 g/mol. The molecule has 2 aromatic rings. The van der Waals surface area contributed by atoms with E-state index >= 15 is 0 Å². The Morgan fingerprint density at radius 2 is 2.07 bits per heavy atom. The molecule has 1 N–H and O–H groups in total. The molecular formula is C21H22N4O4. The summed E-state index contributed by atoms with van der Waals surface area (Å²) in [5.41, 5.74) is 0.526. The number of carbonyl (C=O) groups excluding carboxylic acids is 1. The highest BCUT2D eigenvalue weighted by molar-refractivity contribution is 5.81. The number of para-hydroxylation sites is 1. The van der Waals surface area contributed by atoms with Crippen molar-refractivity contribution < 1.29 is 14.5 Å². The molecule has 0 radical (unpaired) electrons. The van der Waals surface area contributed by atoms with Gasteiger partial charge in [-0.15, -0.1) is 0 Å². The van der Waals surface area contributed by atoms with Gasteiger partial charge in [-0.3, -0.25) is 14.9 Å². The molecule has 29 heavy (non-hydrogen) atoms. The van der Waals surface area contributed by atoms with Crippen molar-refractivity contribution in [2.45, 2.75) is 38.5 Å². The summed E-state index contributed by atoms with van der Waals surface area (Å²) in [5, 5.41) is 23.5. The highest BCUT2D eigenvalue weighted by atomic mass is 16.6. The molecule has 8 heteroatoms. The lowest BCUT2D eigenvalue weighted by atomic mass is 10.1. The highest BCUT2D eigenvalue weighted by Gasteiger charge is 2.35. The molecule has 1 saturated heterocycles. The Morgan fingerprint density at radius 1 is 1.34 bits per heavy atom. The summed E-state index contributed by atoms with van der Waals surface area (Å²) in [7, 11) is 0. The Labute approximate surface area is 168 Å². The van der Waals surface area contributed by atoms with Crippen LogP contribution in [0.5, 0.6) is 5.75 Å². The van der Waals surface area contributed by atoms with Gasteiger partial charge in [-0.2, -0.15) is 5.26 Å². The van der Waals surface area contributed by atoms with Crippen LogP contribution in [0, 0.1) is 21.4 Å². The summed E-state index contributed by atoms with van der Waals surface area (Å²) in [4.78, 5) is 25.4. The molecule has 1 amide bonds. The summed E-state index contributed by atoms with van der Waals surface area (Å²) in [6.07, 6.45) is -0.00702. The van der Waals surface area contributed by atoms with Gasteiger partial charge in [0.05, 0.1) is 16.6 Å². The van der Waals surface area contributed by atoms with E-state index in [0.717, 1.165) is 0 Å². The number of nitro benzene ring substituents is 1. The number of hydrogen-bond donors (Lipinski definition) is 1. The van der Waals surface area contributed by atoms with Crippen molar-refractivity contribution in [1.82, 2.24) is 4.90 Å². The molecular weight excluding hydrogens is 372 g/mol. The fraction of sp³-hybridized carbons (Fsp3) is 0.333. The van der Waals surface area contributed by atoms with Crippen LogP contribution in [0.3, 0.4) is 0 Å². The first kappa shape index (κ1) is 20.1. The lowest BCUT2D eigenvalue weighted by Gasteiger charge is -2.25. The molecule has 3 rings (SSSR count). The van der Waals surface area contributed by atoms with Gasteiger partial charge in [-0.1, -0.05) is 18.2 Å². The highest BCUT2D eigenvalue weighted by Crippen LogP contribution is 2.29. The first-order chi connectivity index (χ1) is 13.9. The topological polar surface area (TPSA) is 108 Å². The van der Waals surface area contributed by atoms with Crippen molar-refractivity contribution in [2.24, 2.45) is 0 Å². The maximum atomic E-state index is 12.9. The van der Waals surface area contributed by atoms with Crippen LogP contribution in [-0.2, 0) is 4.79 Å². The predicted octanol–water partition coefficient (Wildman–Crippen LogP) is 3.34. The first-order valence-electron chi connectivity index (χ1n) is 9.36. The van der Waals surface area contributed by atoms with Crippen LogP contribution in [0.4, 0.5) is 11.4 Å². The quantitative estimate of drug-likeness (QED) is 0.595. The van der Waals surface area contributed by atoms with E-state index in [-0.39, 0.29) is 29.4 Å². The van der Waals surface area contributed by atoms with Gasteiger partial charge in [-0.05, 0) is 44.5 Å². The predicted molar refractivity (Wildman–Crippen MR) is 108 cm³/mol. The fourth-order valence-corrected chi connectivity index (χ4v) is 3.53. The average molecular weight is 394 g/mol. The first-order valence-corrected chi connectivity index (χ1v) is 9.36. The normalized spacial score (nSPS) is 19.3. The second-order valence-electron chi connectivity index (χ2n) is 7.09. The molecule has 1 heterocycles. The maximum Gasteiger partial charge on any atom is 0.292 e. The van der Waals surface area contributed by atoms with E-state index in [1.807, 2.05) is 31.2 Å². The third-order valence-electron chi connectivity index (χ3n) is 4.94. The van der Waals surface area contributed by atoms with Crippen LogP contribution in [0.25, 0.3) is 0 Å². The summed E-state index contributed by atoms with van der Waals surface area (Å²) < 4.78 is 5.73. The zero-order valence-corrected chi connectivity index (χ0v) is 16.2. The van der Waals surface area contributed by atoms with Crippen LogP contribution in [0.2, 0.25) is 0 Å². The number of carbonyl (C=O) groups is 1. The van der Waals surface area contributed by atoms with E-state index < -0.39 is 11.0 Å². The van der Waals surface area contributed by atoms with Gasteiger partial charge < -0.3 is 15.0 Å². The molecule has 150 valence electrons. The van der Waals surface area contributed by atoms with Crippen molar-refractivity contribution in [2.75, 3.05) is 11.9 Å². The third-order valence-corrected chi connectivity index (χ3v) is 4.94. The Kier molecular flexibility index (Phi) is 5.98. The minimum Gasteiger partial charge on any atom is -0.481 e. The van der Waals surface area contributed by atoms with Gasteiger partial charge >= 0.3 is 0 Å². The van der Waals surface area contributed by atoms with Crippen molar-refractivity contribution >= 4 is 17.3 Å². The molecule has 0 aromatic heterocycles. The SMILES string of the molecule is CC(Oc1ccccc1)C(=O)N1CC(Nc2cc(C#N)ccc2[N+](=O)[O-])CC1C. The minimum atomic E-state index is -0.644. The molecule has 8 nitrogen and oxygen atoms in total. The molecule has 2 aromatic carbocycles. The summed E-state index contributed by atoms with van der Waals surface area (Å²) in [6.45, 7) is 4.05. The zero-order chi connectivity index (χ0) is 21.0. The Morgan fingerprint density at radius 3 is 2.72 bits per heavy atom. The molecule has 1 fully saturated rings. The smallest absolute Gasteiger partial charge is 0.292 e. The number of likely N-dealkylation sites (tertiary alicyclic amines) is 1. The molecule has 1 aliphatic heterocycles. The number of rotatable bonds is 6. The second kappa shape index (κ2) is 8.61. The number of nitro groups is 1. The van der Waals surface area contributed by atoms with E-state index in [0.29, 0.717) is 24.3 Å². The van der Waals surface area contributed by atoms with Gasteiger partial charge in [-0.25, -0.2) is 0 Å². The summed E-state index contributed by atoms with van der Waals surface area (Å²) in [6, 6.07) is 15.1. The molecule has 0 spiro atoms. The Bertz CT molecular complexity index is 941. The number of anilines is 1. The van der Waals surface area contributed by atoms with Crippen molar-refractivity contribution in [3.05, 3.63) is 64.2 Å². The minimum absolute atomic E-state index is 0.0416. The second-order valence-corrected chi connectivity index (χ2v) is 7.09. The summed E-state index contributed by atoms with van der Waals surface area (Å²) in [5.74, 6) is 0.491. The van der Waals surface area contributed by atoms with E-state index in [1.165, 1.54) is 18.2 Å². The average Bonchev–Trinajstić information content (AvgIpc) is 3.07. The largest absolute Gasteiger partial charge is 0.481 e. The summed E-state index contributed by atoms with van der Waals surface area (Å²) >= 11 is 0. The molecule has 0 aliphatic carbocycles. The van der Waals surface area contributed by atoms with Crippen LogP contribution in [0.15, 0.2) is 48.5 Å². The van der Waals surface area contributed by atoms with Crippen LogP contribution >= 0.6 is 0 Å². The lowest BCUT2D eigenvalue weighted by molar-refractivity contribution is -0.384. The van der Waals surface area contributed by atoms with Crippen molar-refractivity contribution in [3.63, 3.8) is 0 Å². The van der Waals surface area contributed by atoms with Gasteiger partial charge in [0, 0.05) is 24.7 Å². The van der Waals surface area contributed by atoms with Gasteiger partial charge in [0.15, 0.2) is 6.10 Å². The maximum absolute atomic E-state index is 12.9. The Balaban J connectivity index is 1.69. The number of benzene rings is 2. The number of hydrogen-bond acceptors (Lipinski definition) is 6. The van der Waals surface area contributed by atoms with E-state index in [9.17, 15) is 14.9 Å². The molecule has 3 unspecified atom stereocenters. The molecule has 3 atom stereocenters. The van der Waals surface area contributed by atoms with Crippen LogP contribution < -0.4 is 10.1 Å². The Hall–Kier alpha value is -3.60. The fourth-order valence-electron chi connectivity index (χ4n) is 3.53. The zero-order valence-electron chi connectivity index (χ0n) is 16.2. The number of nitrogens with zero attached hydrogens (tertiary/aromatic N) is 3.